The molecule has 0 aliphatic heterocycles. The summed E-state index contributed by atoms with van der Waals surface area (Å²) in [7, 11) is 0. The zero-order valence-corrected chi connectivity index (χ0v) is 12.9. The SMILES string of the molecule is Cc1ccc(CC(Br)c2cc(C)cc(Cl)c2)cc1. The number of benzene rings is 2. The predicted octanol–water partition coefficient (Wildman–Crippen LogP) is 5.64. The van der Waals surface area contributed by atoms with E-state index in [1.165, 1.54) is 22.3 Å². The largest absolute Gasteiger partial charge is 0.0843 e. The molecule has 2 heteroatoms. The molecule has 0 N–H and O–H groups in total. The molecular weight excluding hydrogens is 308 g/mol. The molecule has 0 saturated carbocycles. The molecule has 0 bridgehead atoms. The summed E-state index contributed by atoms with van der Waals surface area (Å²) in [4.78, 5) is 0.303. The van der Waals surface area contributed by atoms with E-state index in [9.17, 15) is 0 Å². The molecule has 2 rings (SSSR count). The molecule has 1 atom stereocenters. The van der Waals surface area contributed by atoms with Gasteiger partial charge in [-0.05, 0) is 49.1 Å². The Bertz CT molecular complexity index is 511. The van der Waals surface area contributed by atoms with Crippen LogP contribution >= 0.6 is 27.5 Å². The Balaban J connectivity index is 2.16. The molecule has 0 radical (unpaired) electrons. The van der Waals surface area contributed by atoms with Crippen molar-refractivity contribution in [1.82, 2.24) is 0 Å². The van der Waals surface area contributed by atoms with Gasteiger partial charge in [0.05, 0.1) is 0 Å². The van der Waals surface area contributed by atoms with Crippen molar-refractivity contribution in [2.24, 2.45) is 0 Å². The molecule has 94 valence electrons. The normalized spacial score (nSPS) is 12.4. The van der Waals surface area contributed by atoms with Crippen molar-refractivity contribution in [3.8, 4) is 0 Å². The Morgan fingerprint density at radius 3 is 2.28 bits per heavy atom. The Hall–Kier alpha value is -0.790. The maximum atomic E-state index is 6.10. The zero-order valence-electron chi connectivity index (χ0n) is 10.6. The molecule has 0 spiro atoms. The van der Waals surface area contributed by atoms with Crippen molar-refractivity contribution in [3.05, 3.63) is 69.7 Å². The molecule has 0 aromatic heterocycles. The van der Waals surface area contributed by atoms with Crippen LogP contribution in [0.3, 0.4) is 0 Å². The Morgan fingerprint density at radius 2 is 1.67 bits per heavy atom. The van der Waals surface area contributed by atoms with Crippen molar-refractivity contribution < 1.29 is 0 Å². The standard InChI is InChI=1S/C16H16BrCl/c1-11-3-5-13(6-4-11)9-16(17)14-7-12(2)8-15(18)10-14/h3-8,10,16H,9H2,1-2H3. The first-order chi connectivity index (χ1) is 8.54. The van der Waals surface area contributed by atoms with Gasteiger partial charge in [0.25, 0.3) is 0 Å². The maximum absolute atomic E-state index is 6.10. The van der Waals surface area contributed by atoms with Gasteiger partial charge in [0.1, 0.15) is 0 Å². The number of halogens is 2. The van der Waals surface area contributed by atoms with Crippen molar-refractivity contribution in [2.45, 2.75) is 25.1 Å². The summed E-state index contributed by atoms with van der Waals surface area (Å²) >= 11 is 9.85. The van der Waals surface area contributed by atoms with E-state index in [2.05, 4.69) is 60.1 Å². The van der Waals surface area contributed by atoms with Crippen LogP contribution in [0.5, 0.6) is 0 Å². The van der Waals surface area contributed by atoms with Crippen molar-refractivity contribution in [3.63, 3.8) is 0 Å². The first kappa shape index (κ1) is 13.6. The van der Waals surface area contributed by atoms with Gasteiger partial charge >= 0.3 is 0 Å². The molecule has 2 aromatic rings. The van der Waals surface area contributed by atoms with Crippen LogP contribution in [0.4, 0.5) is 0 Å². The van der Waals surface area contributed by atoms with E-state index in [0.717, 1.165) is 11.4 Å². The fourth-order valence-electron chi connectivity index (χ4n) is 1.99. The minimum atomic E-state index is 0.303. The summed E-state index contributed by atoms with van der Waals surface area (Å²) in [5.41, 5.74) is 5.06. The van der Waals surface area contributed by atoms with E-state index in [1.54, 1.807) is 0 Å². The topological polar surface area (TPSA) is 0 Å². The fourth-order valence-corrected chi connectivity index (χ4v) is 2.93. The molecule has 0 aliphatic rings. The number of aryl methyl sites for hydroxylation is 2. The molecule has 0 amide bonds. The summed E-state index contributed by atoms with van der Waals surface area (Å²) in [6.07, 6.45) is 0.972. The highest BCUT2D eigenvalue weighted by Crippen LogP contribution is 2.29. The molecular formula is C16H16BrCl. The van der Waals surface area contributed by atoms with Gasteiger partial charge in [-0.2, -0.15) is 0 Å². The second kappa shape index (κ2) is 5.90. The summed E-state index contributed by atoms with van der Waals surface area (Å²) in [5, 5.41) is 0.804. The van der Waals surface area contributed by atoms with Gasteiger partial charge in [-0.15, -0.1) is 0 Å². The van der Waals surface area contributed by atoms with Gasteiger partial charge in [-0.3, -0.25) is 0 Å². The van der Waals surface area contributed by atoms with Crippen molar-refractivity contribution in [1.29, 1.82) is 0 Å². The van der Waals surface area contributed by atoms with Crippen LogP contribution < -0.4 is 0 Å². The zero-order chi connectivity index (χ0) is 13.1. The first-order valence-corrected chi connectivity index (χ1v) is 7.30. The van der Waals surface area contributed by atoms with Gasteiger partial charge in [0, 0.05) is 9.85 Å². The highest BCUT2D eigenvalue weighted by atomic mass is 79.9. The van der Waals surface area contributed by atoms with Crippen LogP contribution in [-0.2, 0) is 6.42 Å². The summed E-state index contributed by atoms with van der Waals surface area (Å²) in [6, 6.07) is 14.9. The van der Waals surface area contributed by atoms with Crippen LogP contribution in [0.15, 0.2) is 42.5 Å². The summed E-state index contributed by atoms with van der Waals surface area (Å²) in [5.74, 6) is 0. The quantitative estimate of drug-likeness (QED) is 0.642. The molecule has 1 unspecified atom stereocenters. The van der Waals surface area contributed by atoms with E-state index in [4.69, 9.17) is 11.6 Å². The predicted molar refractivity (Wildman–Crippen MR) is 82.7 cm³/mol. The lowest BCUT2D eigenvalue weighted by atomic mass is 10.0. The lowest BCUT2D eigenvalue weighted by Crippen LogP contribution is -1.96. The van der Waals surface area contributed by atoms with E-state index < -0.39 is 0 Å². The van der Waals surface area contributed by atoms with Gasteiger partial charge in [-0.25, -0.2) is 0 Å². The monoisotopic (exact) mass is 322 g/mol. The fraction of sp³-hybridized carbons (Fsp3) is 0.250. The van der Waals surface area contributed by atoms with Gasteiger partial charge < -0.3 is 0 Å². The van der Waals surface area contributed by atoms with E-state index in [0.29, 0.717) is 4.83 Å². The third-order valence-electron chi connectivity index (χ3n) is 2.96. The van der Waals surface area contributed by atoms with Crippen LogP contribution in [-0.4, -0.2) is 0 Å². The molecule has 18 heavy (non-hydrogen) atoms. The van der Waals surface area contributed by atoms with Crippen LogP contribution in [0, 0.1) is 13.8 Å². The average Bonchev–Trinajstić information content (AvgIpc) is 2.31. The van der Waals surface area contributed by atoms with Gasteiger partial charge in [0.15, 0.2) is 0 Å². The van der Waals surface area contributed by atoms with Crippen LogP contribution in [0.25, 0.3) is 0 Å². The second-order valence-electron chi connectivity index (χ2n) is 4.72. The number of hydrogen-bond acceptors (Lipinski definition) is 0. The van der Waals surface area contributed by atoms with Crippen LogP contribution in [0.2, 0.25) is 5.02 Å². The number of alkyl halides is 1. The smallest absolute Gasteiger partial charge is 0.0436 e. The Morgan fingerprint density at radius 1 is 1.00 bits per heavy atom. The highest BCUT2D eigenvalue weighted by Gasteiger charge is 2.09. The summed E-state index contributed by atoms with van der Waals surface area (Å²) < 4.78 is 0. The Kier molecular flexibility index (Phi) is 4.47. The van der Waals surface area contributed by atoms with E-state index in [-0.39, 0.29) is 0 Å². The molecule has 2 aromatic carbocycles. The van der Waals surface area contributed by atoms with Crippen molar-refractivity contribution >= 4 is 27.5 Å². The van der Waals surface area contributed by atoms with E-state index in [1.807, 2.05) is 12.1 Å². The lowest BCUT2D eigenvalue weighted by molar-refractivity contribution is 0.946. The van der Waals surface area contributed by atoms with Gasteiger partial charge in [0.2, 0.25) is 0 Å². The highest BCUT2D eigenvalue weighted by molar-refractivity contribution is 9.09. The number of hydrogen-bond donors (Lipinski definition) is 0. The maximum Gasteiger partial charge on any atom is 0.0436 e. The molecule has 0 aliphatic carbocycles. The van der Waals surface area contributed by atoms with Crippen molar-refractivity contribution in [2.75, 3.05) is 0 Å². The Labute approximate surface area is 122 Å². The summed E-state index contributed by atoms with van der Waals surface area (Å²) in [6.45, 7) is 4.18. The average molecular weight is 324 g/mol. The van der Waals surface area contributed by atoms with E-state index >= 15 is 0 Å². The first-order valence-electron chi connectivity index (χ1n) is 6.01. The van der Waals surface area contributed by atoms with Crippen LogP contribution in [0.1, 0.15) is 27.1 Å². The molecule has 0 saturated heterocycles. The third kappa shape index (κ3) is 3.60. The molecule has 0 fully saturated rings. The molecule has 0 heterocycles. The third-order valence-corrected chi connectivity index (χ3v) is 4.03. The minimum Gasteiger partial charge on any atom is -0.0843 e. The minimum absolute atomic E-state index is 0.303. The lowest BCUT2D eigenvalue weighted by Gasteiger charge is -2.12. The van der Waals surface area contributed by atoms with Gasteiger partial charge in [-0.1, -0.05) is 63.4 Å². The molecule has 0 nitrogen and oxygen atoms in total. The number of rotatable bonds is 3. The second-order valence-corrected chi connectivity index (χ2v) is 6.26.